The smallest absolute Gasteiger partial charge is 0.258 e. The van der Waals surface area contributed by atoms with Gasteiger partial charge in [0.2, 0.25) is 0 Å². The summed E-state index contributed by atoms with van der Waals surface area (Å²) in [5, 5.41) is 12.2. The van der Waals surface area contributed by atoms with E-state index < -0.39 is 15.7 Å². The third-order valence-corrected chi connectivity index (χ3v) is 6.08. The van der Waals surface area contributed by atoms with E-state index in [1.165, 1.54) is 31.2 Å². The van der Waals surface area contributed by atoms with Gasteiger partial charge in [-0.25, -0.2) is 8.42 Å². The molecule has 1 amide bonds. The first-order chi connectivity index (χ1) is 10.2. The van der Waals surface area contributed by atoms with Gasteiger partial charge in [0.1, 0.15) is 10.1 Å². The molecule has 1 aromatic carbocycles. The van der Waals surface area contributed by atoms with Crippen molar-refractivity contribution in [3.8, 4) is 5.75 Å². The molecular formula is C13H11Cl2NO4S2. The number of aromatic hydroxyl groups is 1. The van der Waals surface area contributed by atoms with Gasteiger partial charge in [0.25, 0.3) is 5.91 Å². The van der Waals surface area contributed by atoms with E-state index in [-0.39, 0.29) is 32.0 Å². The molecule has 2 aromatic rings. The van der Waals surface area contributed by atoms with E-state index >= 15 is 0 Å². The van der Waals surface area contributed by atoms with Crippen molar-refractivity contribution in [1.82, 2.24) is 0 Å². The standard InChI is InChI=1S/C13H11Cl2NO4S2/c1-2-22(19,20)7-3-4-10(17)9(5-7)16-13(18)8-6-11(14)21-12(8)15/h3-6,17H,2H2,1H3,(H,16,18). The second kappa shape index (κ2) is 6.45. The topological polar surface area (TPSA) is 83.5 Å². The number of amides is 1. The van der Waals surface area contributed by atoms with Gasteiger partial charge in [-0.15, -0.1) is 11.3 Å². The fraction of sp³-hybridized carbons (Fsp3) is 0.154. The number of rotatable bonds is 4. The van der Waals surface area contributed by atoms with Gasteiger partial charge in [0, 0.05) is 0 Å². The molecule has 1 aromatic heterocycles. The monoisotopic (exact) mass is 379 g/mol. The van der Waals surface area contributed by atoms with Gasteiger partial charge in [0.15, 0.2) is 9.84 Å². The lowest BCUT2D eigenvalue weighted by molar-refractivity contribution is 0.102. The first-order valence-corrected chi connectivity index (χ1v) is 9.29. The number of halogens is 2. The number of thiophene rings is 1. The number of hydrogen-bond donors (Lipinski definition) is 2. The third kappa shape index (κ3) is 3.55. The van der Waals surface area contributed by atoms with Crippen molar-refractivity contribution < 1.29 is 18.3 Å². The molecule has 0 aliphatic rings. The van der Waals surface area contributed by atoms with Crippen molar-refractivity contribution >= 4 is 56.0 Å². The molecule has 0 saturated heterocycles. The van der Waals surface area contributed by atoms with Crippen LogP contribution >= 0.6 is 34.5 Å². The van der Waals surface area contributed by atoms with Crippen LogP contribution in [0.3, 0.4) is 0 Å². The fourth-order valence-corrected chi connectivity index (χ4v) is 4.02. The van der Waals surface area contributed by atoms with E-state index in [1.54, 1.807) is 0 Å². The number of benzene rings is 1. The van der Waals surface area contributed by atoms with Crippen LogP contribution in [-0.2, 0) is 9.84 Å². The van der Waals surface area contributed by atoms with Crippen LogP contribution in [0.5, 0.6) is 5.75 Å². The maximum absolute atomic E-state index is 12.1. The van der Waals surface area contributed by atoms with E-state index in [0.29, 0.717) is 4.34 Å². The Morgan fingerprint density at radius 3 is 2.55 bits per heavy atom. The largest absolute Gasteiger partial charge is 0.506 e. The van der Waals surface area contributed by atoms with Crippen LogP contribution in [0, 0.1) is 0 Å². The summed E-state index contributed by atoms with van der Waals surface area (Å²) in [5.41, 5.74) is 0.137. The van der Waals surface area contributed by atoms with E-state index in [0.717, 1.165) is 11.3 Å². The molecule has 5 nitrogen and oxygen atoms in total. The second-order valence-electron chi connectivity index (χ2n) is 4.27. The highest BCUT2D eigenvalue weighted by Crippen LogP contribution is 2.33. The number of phenols is 1. The molecule has 0 radical (unpaired) electrons. The Balaban J connectivity index is 2.35. The summed E-state index contributed by atoms with van der Waals surface area (Å²) < 4.78 is 24.2. The van der Waals surface area contributed by atoms with Crippen LogP contribution in [0.4, 0.5) is 5.69 Å². The van der Waals surface area contributed by atoms with Crippen LogP contribution < -0.4 is 5.32 Å². The highest BCUT2D eigenvalue weighted by atomic mass is 35.5. The number of carbonyl (C=O) groups excluding carboxylic acids is 1. The molecule has 0 unspecified atom stereocenters. The van der Waals surface area contributed by atoms with Gasteiger partial charge in [-0.1, -0.05) is 30.1 Å². The summed E-state index contributed by atoms with van der Waals surface area (Å²) >= 11 is 12.7. The minimum Gasteiger partial charge on any atom is -0.506 e. The van der Waals surface area contributed by atoms with Gasteiger partial charge < -0.3 is 10.4 Å². The summed E-state index contributed by atoms with van der Waals surface area (Å²) in [6.45, 7) is 1.51. The second-order valence-corrected chi connectivity index (χ2v) is 8.84. The molecule has 0 fully saturated rings. The SMILES string of the molecule is CCS(=O)(=O)c1ccc(O)c(NC(=O)c2cc(Cl)sc2Cl)c1. The first kappa shape index (κ1) is 17.1. The summed E-state index contributed by atoms with van der Waals surface area (Å²) in [5.74, 6) is -0.924. The van der Waals surface area contributed by atoms with Crippen molar-refractivity contribution in [2.45, 2.75) is 11.8 Å². The molecule has 2 N–H and O–H groups in total. The van der Waals surface area contributed by atoms with Gasteiger partial charge in [-0.2, -0.15) is 0 Å². The zero-order valence-corrected chi connectivity index (χ0v) is 14.4. The Morgan fingerprint density at radius 1 is 1.32 bits per heavy atom. The molecule has 0 spiro atoms. The normalized spacial score (nSPS) is 11.4. The maximum atomic E-state index is 12.1. The van der Waals surface area contributed by atoms with Crippen LogP contribution in [0.2, 0.25) is 8.67 Å². The summed E-state index contributed by atoms with van der Waals surface area (Å²) in [7, 11) is -3.45. The van der Waals surface area contributed by atoms with E-state index in [4.69, 9.17) is 23.2 Å². The first-order valence-electron chi connectivity index (χ1n) is 6.06. The quantitative estimate of drug-likeness (QED) is 0.791. The zero-order valence-electron chi connectivity index (χ0n) is 11.3. The van der Waals surface area contributed by atoms with Gasteiger partial charge >= 0.3 is 0 Å². The number of hydrogen-bond acceptors (Lipinski definition) is 5. The van der Waals surface area contributed by atoms with Crippen molar-refractivity contribution in [2.24, 2.45) is 0 Å². The van der Waals surface area contributed by atoms with Crippen LogP contribution in [0.1, 0.15) is 17.3 Å². The number of sulfone groups is 1. The predicted molar refractivity (Wildman–Crippen MR) is 88.1 cm³/mol. The fourth-order valence-electron chi connectivity index (χ4n) is 1.66. The molecule has 1 heterocycles. The third-order valence-electron chi connectivity index (χ3n) is 2.86. The number of anilines is 1. The Labute approximate surface area is 141 Å². The minimum absolute atomic E-state index is 0.0116. The zero-order chi connectivity index (χ0) is 16.5. The predicted octanol–water partition coefficient (Wildman–Crippen LogP) is 3.81. The van der Waals surface area contributed by atoms with E-state index in [1.807, 2.05) is 0 Å². The molecule has 2 rings (SSSR count). The lowest BCUT2D eigenvalue weighted by Crippen LogP contribution is -2.12. The van der Waals surface area contributed by atoms with Crippen molar-refractivity contribution in [1.29, 1.82) is 0 Å². The highest BCUT2D eigenvalue weighted by molar-refractivity contribution is 7.91. The molecule has 9 heteroatoms. The minimum atomic E-state index is -3.45. The average Bonchev–Trinajstić information content (AvgIpc) is 2.80. The number of carbonyl (C=O) groups is 1. The Kier molecular flexibility index (Phi) is 5.01. The molecule has 0 aliphatic carbocycles. The van der Waals surface area contributed by atoms with Gasteiger partial charge in [-0.3, -0.25) is 4.79 Å². The van der Waals surface area contributed by atoms with Crippen molar-refractivity contribution in [2.75, 3.05) is 11.1 Å². The highest BCUT2D eigenvalue weighted by Gasteiger charge is 2.18. The lowest BCUT2D eigenvalue weighted by atomic mass is 10.2. The number of phenolic OH excluding ortho intramolecular Hbond substituents is 1. The van der Waals surface area contributed by atoms with E-state index in [9.17, 15) is 18.3 Å². The average molecular weight is 380 g/mol. The maximum Gasteiger partial charge on any atom is 0.258 e. The molecule has 0 aliphatic heterocycles. The molecule has 0 atom stereocenters. The Bertz CT molecular complexity index is 831. The van der Waals surface area contributed by atoms with Gasteiger partial charge in [0.05, 0.1) is 26.2 Å². The molecule has 22 heavy (non-hydrogen) atoms. The van der Waals surface area contributed by atoms with Crippen LogP contribution in [-0.4, -0.2) is 25.2 Å². The van der Waals surface area contributed by atoms with Gasteiger partial charge in [-0.05, 0) is 24.3 Å². The Morgan fingerprint density at radius 2 is 2.00 bits per heavy atom. The van der Waals surface area contributed by atoms with E-state index in [2.05, 4.69) is 5.32 Å². The summed E-state index contributed by atoms with van der Waals surface area (Å²) in [6, 6.07) is 5.08. The number of nitrogens with one attached hydrogen (secondary N) is 1. The molecule has 0 bridgehead atoms. The lowest BCUT2D eigenvalue weighted by Gasteiger charge is -2.09. The van der Waals surface area contributed by atoms with Crippen LogP contribution in [0.25, 0.3) is 0 Å². The van der Waals surface area contributed by atoms with Crippen molar-refractivity contribution in [3.63, 3.8) is 0 Å². The summed E-state index contributed by atoms with van der Waals surface area (Å²) in [6.07, 6.45) is 0. The molecule has 118 valence electrons. The van der Waals surface area contributed by atoms with Crippen LogP contribution in [0.15, 0.2) is 29.2 Å². The molecule has 0 saturated carbocycles. The summed E-state index contributed by atoms with van der Waals surface area (Å²) in [4.78, 5) is 12.1. The van der Waals surface area contributed by atoms with Crippen molar-refractivity contribution in [3.05, 3.63) is 38.5 Å². The Hall–Kier alpha value is -1.28. The molecular weight excluding hydrogens is 369 g/mol.